The quantitative estimate of drug-likeness (QED) is 0.823. The maximum absolute atomic E-state index is 12.1. The second kappa shape index (κ2) is 7.17. The van der Waals surface area contributed by atoms with E-state index in [0.717, 1.165) is 5.56 Å². The molecule has 0 aromatic heterocycles. The molecule has 1 amide bonds. The predicted octanol–water partition coefficient (Wildman–Crippen LogP) is 1.08. The number of methoxy groups -OCH3 is 2. The van der Waals surface area contributed by atoms with E-state index in [4.69, 9.17) is 19.9 Å². The van der Waals surface area contributed by atoms with Crippen molar-refractivity contribution in [2.45, 2.75) is 12.8 Å². The predicted molar refractivity (Wildman–Crippen MR) is 79.7 cm³/mol. The number of benzene rings is 1. The third-order valence-corrected chi connectivity index (χ3v) is 3.62. The van der Waals surface area contributed by atoms with Crippen LogP contribution < -0.4 is 15.2 Å². The lowest BCUT2D eigenvalue weighted by molar-refractivity contribution is -0.135. The first kappa shape index (κ1) is 15.4. The van der Waals surface area contributed by atoms with Crippen LogP contribution in [0, 0.1) is 0 Å². The fourth-order valence-corrected chi connectivity index (χ4v) is 2.37. The molecule has 0 radical (unpaired) electrons. The summed E-state index contributed by atoms with van der Waals surface area (Å²) in [6.45, 7) is 2.56. The van der Waals surface area contributed by atoms with Crippen LogP contribution in [0.1, 0.15) is 12.0 Å². The van der Waals surface area contributed by atoms with E-state index in [0.29, 0.717) is 56.3 Å². The highest BCUT2D eigenvalue weighted by molar-refractivity contribution is 5.77. The van der Waals surface area contributed by atoms with Crippen LogP contribution in [0.4, 0.5) is 5.69 Å². The third kappa shape index (κ3) is 3.78. The van der Waals surface area contributed by atoms with Crippen LogP contribution in [0.2, 0.25) is 0 Å². The lowest BCUT2D eigenvalue weighted by Crippen LogP contribution is -2.40. The van der Waals surface area contributed by atoms with Crippen molar-refractivity contribution in [2.75, 3.05) is 46.3 Å². The van der Waals surface area contributed by atoms with Gasteiger partial charge >= 0.3 is 0 Å². The van der Waals surface area contributed by atoms with Gasteiger partial charge < -0.3 is 24.8 Å². The van der Waals surface area contributed by atoms with Crippen molar-refractivity contribution < 1.29 is 19.0 Å². The Labute approximate surface area is 124 Å². The van der Waals surface area contributed by atoms with E-state index >= 15 is 0 Å². The molecule has 1 aliphatic heterocycles. The molecule has 0 atom stereocenters. The third-order valence-electron chi connectivity index (χ3n) is 3.62. The number of ether oxygens (including phenoxy) is 3. The molecule has 1 heterocycles. The van der Waals surface area contributed by atoms with Crippen molar-refractivity contribution in [1.82, 2.24) is 4.90 Å². The van der Waals surface area contributed by atoms with Crippen molar-refractivity contribution in [3.63, 3.8) is 0 Å². The Bertz CT molecular complexity index is 499. The van der Waals surface area contributed by atoms with Crippen LogP contribution in [0.5, 0.6) is 11.5 Å². The number of nitrogens with two attached hydrogens (primary N) is 1. The number of carbonyl (C=O) groups is 1. The lowest BCUT2D eigenvalue weighted by atomic mass is 10.1. The summed E-state index contributed by atoms with van der Waals surface area (Å²) in [6.07, 6.45) is 1.02. The molecule has 0 saturated carbocycles. The first-order valence-electron chi connectivity index (χ1n) is 7.01. The molecular formula is C15H22N2O4. The molecule has 2 rings (SSSR count). The van der Waals surface area contributed by atoms with E-state index in [9.17, 15) is 4.79 Å². The molecule has 116 valence electrons. The molecule has 6 heteroatoms. The number of carbonyl (C=O) groups excluding carboxylic acids is 1. The Kier molecular flexibility index (Phi) is 5.27. The summed E-state index contributed by atoms with van der Waals surface area (Å²) in [4.78, 5) is 14.0. The molecule has 1 fully saturated rings. The molecular weight excluding hydrogens is 272 g/mol. The fourth-order valence-electron chi connectivity index (χ4n) is 2.37. The number of hydrogen-bond acceptors (Lipinski definition) is 5. The van der Waals surface area contributed by atoms with E-state index < -0.39 is 0 Å². The highest BCUT2D eigenvalue weighted by Crippen LogP contribution is 2.32. The molecule has 0 spiro atoms. The van der Waals surface area contributed by atoms with Gasteiger partial charge in [-0.15, -0.1) is 0 Å². The summed E-state index contributed by atoms with van der Waals surface area (Å²) in [6, 6.07) is 3.56. The van der Waals surface area contributed by atoms with Gasteiger partial charge in [0.05, 0.1) is 27.4 Å². The average molecular weight is 294 g/mol. The normalized spacial score (nSPS) is 14.9. The van der Waals surface area contributed by atoms with Gasteiger partial charge in [-0.05, 0) is 18.1 Å². The number of morpholine rings is 1. The van der Waals surface area contributed by atoms with E-state index in [1.807, 2.05) is 11.0 Å². The largest absolute Gasteiger partial charge is 0.493 e. The smallest absolute Gasteiger partial charge is 0.223 e. The lowest BCUT2D eigenvalue weighted by Gasteiger charge is -2.27. The minimum Gasteiger partial charge on any atom is -0.493 e. The molecule has 1 aromatic rings. The Morgan fingerprint density at radius 1 is 1.24 bits per heavy atom. The van der Waals surface area contributed by atoms with Gasteiger partial charge in [-0.3, -0.25) is 4.79 Å². The summed E-state index contributed by atoms with van der Waals surface area (Å²) < 4.78 is 15.7. The Balaban J connectivity index is 2.00. The number of amides is 1. The Morgan fingerprint density at radius 3 is 2.48 bits per heavy atom. The van der Waals surface area contributed by atoms with Crippen molar-refractivity contribution in [2.24, 2.45) is 0 Å². The van der Waals surface area contributed by atoms with E-state index in [1.165, 1.54) is 0 Å². The zero-order chi connectivity index (χ0) is 15.2. The topological polar surface area (TPSA) is 74.0 Å². The number of anilines is 1. The maximum atomic E-state index is 12.1. The van der Waals surface area contributed by atoms with Crippen molar-refractivity contribution in [3.8, 4) is 11.5 Å². The number of nitrogens with zero attached hydrogens (tertiary/aromatic N) is 1. The minimum absolute atomic E-state index is 0.132. The fraction of sp³-hybridized carbons (Fsp3) is 0.533. The van der Waals surface area contributed by atoms with Crippen LogP contribution in [0.3, 0.4) is 0 Å². The van der Waals surface area contributed by atoms with Crippen LogP contribution in [-0.4, -0.2) is 51.3 Å². The van der Waals surface area contributed by atoms with Gasteiger partial charge in [0.1, 0.15) is 0 Å². The van der Waals surface area contributed by atoms with Gasteiger partial charge in [0, 0.05) is 31.3 Å². The van der Waals surface area contributed by atoms with E-state index in [1.54, 1.807) is 20.3 Å². The van der Waals surface area contributed by atoms with Crippen molar-refractivity contribution in [1.29, 1.82) is 0 Å². The molecule has 0 aliphatic carbocycles. The van der Waals surface area contributed by atoms with Gasteiger partial charge in [-0.2, -0.15) is 0 Å². The molecule has 2 N–H and O–H groups in total. The van der Waals surface area contributed by atoms with Crippen molar-refractivity contribution >= 4 is 11.6 Å². The molecule has 21 heavy (non-hydrogen) atoms. The molecule has 1 aliphatic rings. The maximum Gasteiger partial charge on any atom is 0.223 e. The van der Waals surface area contributed by atoms with Crippen LogP contribution in [-0.2, 0) is 16.0 Å². The second-order valence-corrected chi connectivity index (χ2v) is 4.90. The standard InChI is InChI=1S/C15H22N2O4/c1-19-13-9-11(12(16)10-14(13)20-2)3-4-15(18)17-5-7-21-8-6-17/h9-10H,3-8,16H2,1-2H3. The summed E-state index contributed by atoms with van der Waals surface area (Å²) in [5, 5.41) is 0. The number of hydrogen-bond donors (Lipinski definition) is 1. The zero-order valence-electron chi connectivity index (χ0n) is 12.6. The van der Waals surface area contributed by atoms with Gasteiger partial charge in [0.2, 0.25) is 5.91 Å². The second-order valence-electron chi connectivity index (χ2n) is 4.90. The summed E-state index contributed by atoms with van der Waals surface area (Å²) in [5.74, 6) is 1.35. The van der Waals surface area contributed by atoms with E-state index in [2.05, 4.69) is 0 Å². The van der Waals surface area contributed by atoms with Crippen LogP contribution in [0.25, 0.3) is 0 Å². The highest BCUT2D eigenvalue weighted by Gasteiger charge is 2.17. The summed E-state index contributed by atoms with van der Waals surface area (Å²) in [7, 11) is 3.15. The summed E-state index contributed by atoms with van der Waals surface area (Å²) >= 11 is 0. The molecule has 1 saturated heterocycles. The Morgan fingerprint density at radius 2 is 1.86 bits per heavy atom. The first-order valence-corrected chi connectivity index (χ1v) is 7.01. The SMILES string of the molecule is COc1cc(N)c(CCC(=O)N2CCOCC2)cc1OC. The number of rotatable bonds is 5. The minimum atomic E-state index is 0.132. The first-order chi connectivity index (χ1) is 10.2. The van der Waals surface area contributed by atoms with Gasteiger partial charge in [0.15, 0.2) is 11.5 Å². The van der Waals surface area contributed by atoms with E-state index in [-0.39, 0.29) is 5.91 Å². The Hall–Kier alpha value is -1.95. The van der Waals surface area contributed by atoms with Gasteiger partial charge in [-0.1, -0.05) is 0 Å². The number of aryl methyl sites for hydroxylation is 1. The molecule has 0 bridgehead atoms. The molecule has 6 nitrogen and oxygen atoms in total. The highest BCUT2D eigenvalue weighted by atomic mass is 16.5. The van der Waals surface area contributed by atoms with Crippen LogP contribution >= 0.6 is 0 Å². The number of nitrogen functional groups attached to an aromatic ring is 1. The monoisotopic (exact) mass is 294 g/mol. The van der Waals surface area contributed by atoms with Gasteiger partial charge in [0.25, 0.3) is 0 Å². The summed E-state index contributed by atoms with van der Waals surface area (Å²) in [5.41, 5.74) is 7.52. The zero-order valence-corrected chi connectivity index (χ0v) is 12.6. The molecule has 0 unspecified atom stereocenters. The van der Waals surface area contributed by atoms with Crippen LogP contribution in [0.15, 0.2) is 12.1 Å². The van der Waals surface area contributed by atoms with Gasteiger partial charge in [-0.25, -0.2) is 0 Å². The van der Waals surface area contributed by atoms with Crippen molar-refractivity contribution in [3.05, 3.63) is 17.7 Å². The average Bonchev–Trinajstić information content (AvgIpc) is 2.53. The molecule has 1 aromatic carbocycles.